The fourth-order valence-corrected chi connectivity index (χ4v) is 5.59. The van der Waals surface area contributed by atoms with Crippen molar-refractivity contribution in [1.29, 1.82) is 0 Å². The van der Waals surface area contributed by atoms with Crippen molar-refractivity contribution in [2.45, 2.75) is 55.2 Å². The van der Waals surface area contributed by atoms with Crippen molar-refractivity contribution in [3.63, 3.8) is 0 Å². The van der Waals surface area contributed by atoms with Crippen molar-refractivity contribution in [3.05, 3.63) is 89.5 Å². The number of carbonyl (C=O) groups is 1. The largest absolute Gasteiger partial charge is 0.768 e. The number of ether oxygens (including phenoxy) is 2. The molecule has 0 aromatic heterocycles. The average Bonchev–Trinajstić information content (AvgIpc) is 2.95. The highest BCUT2D eigenvalue weighted by atomic mass is 32.2. The Bertz CT molecular complexity index is 1450. The summed E-state index contributed by atoms with van der Waals surface area (Å²) in [7, 11) is -2.74. The summed E-state index contributed by atoms with van der Waals surface area (Å²) in [5, 5.41) is 0. The predicted octanol–water partition coefficient (Wildman–Crippen LogP) is 5.96. The first-order valence-electron chi connectivity index (χ1n) is 12.8. The van der Waals surface area contributed by atoms with E-state index in [0.29, 0.717) is 5.56 Å². The zero-order valence-corrected chi connectivity index (χ0v) is 24.5. The van der Waals surface area contributed by atoms with Crippen LogP contribution in [0.25, 0.3) is 6.08 Å². The van der Waals surface area contributed by atoms with E-state index >= 15 is 0 Å². The highest BCUT2D eigenvalue weighted by molar-refractivity contribution is 7.87. The molecule has 214 valence electrons. The predicted molar refractivity (Wildman–Crippen MR) is 153 cm³/mol. The van der Waals surface area contributed by atoms with Crippen LogP contribution in [0.15, 0.2) is 82.6 Å². The first kappa shape index (κ1) is 31.1. The Hall–Kier alpha value is -3.47. The van der Waals surface area contributed by atoms with E-state index in [0.717, 1.165) is 24.0 Å². The van der Waals surface area contributed by atoms with Crippen LogP contribution in [0.3, 0.4) is 0 Å². The van der Waals surface area contributed by atoms with E-state index in [1.807, 2.05) is 12.1 Å². The number of benzene rings is 3. The molecule has 0 fully saturated rings. The monoisotopic (exact) mass is 585 g/mol. The third-order valence-electron chi connectivity index (χ3n) is 6.50. The van der Waals surface area contributed by atoms with E-state index in [9.17, 15) is 22.0 Å². The van der Waals surface area contributed by atoms with Gasteiger partial charge < -0.3 is 18.2 Å². The summed E-state index contributed by atoms with van der Waals surface area (Å²) in [6.45, 7) is 6.14. The van der Waals surface area contributed by atoms with Gasteiger partial charge in [0.15, 0.2) is 11.5 Å². The van der Waals surface area contributed by atoms with Crippen LogP contribution in [0.4, 0.5) is 0 Å². The van der Waals surface area contributed by atoms with Crippen molar-refractivity contribution in [1.82, 2.24) is 0 Å². The van der Waals surface area contributed by atoms with Gasteiger partial charge in [-0.2, -0.15) is 8.42 Å². The molecule has 40 heavy (non-hydrogen) atoms. The van der Waals surface area contributed by atoms with Gasteiger partial charge in [-0.05, 0) is 102 Å². The molecule has 0 saturated carbocycles. The normalized spacial score (nSPS) is 13.9. The molecule has 10 heteroatoms. The summed E-state index contributed by atoms with van der Waals surface area (Å²) >= 11 is -2.26. The molecule has 0 radical (unpaired) electrons. The maximum absolute atomic E-state index is 13.0. The van der Waals surface area contributed by atoms with Crippen molar-refractivity contribution < 1.29 is 35.6 Å². The van der Waals surface area contributed by atoms with E-state index in [1.165, 1.54) is 37.5 Å². The molecule has 3 unspecified atom stereocenters. The maximum Gasteiger partial charge on any atom is 0.339 e. The van der Waals surface area contributed by atoms with E-state index in [4.69, 9.17) is 13.7 Å². The standard InChI is InChI=1S/C30H34O8S2/c1-5-23(19-21(3)24-9-13-26(14-10-24)39(32)33)25-11-15-27(16-12-25)40(34,35)38-28-17-7-22(20-29(28)36-4)8-18-30(31)37-6-2/h7-18,20-21,23H,5-6,19H2,1-4H3,(H,32,33)/p-1/b18-8+. The molecule has 3 aromatic carbocycles. The number of hydrogen-bond donors (Lipinski definition) is 0. The van der Waals surface area contributed by atoms with E-state index in [1.54, 1.807) is 43.3 Å². The molecule has 3 aromatic rings. The molecule has 0 N–H and O–H groups in total. The van der Waals surface area contributed by atoms with Crippen molar-refractivity contribution >= 4 is 33.2 Å². The number of methoxy groups -OCH3 is 1. The smallest absolute Gasteiger partial charge is 0.339 e. The second-order valence-corrected chi connectivity index (χ2v) is 11.6. The second kappa shape index (κ2) is 14.2. The Balaban J connectivity index is 1.72. The first-order valence-corrected chi connectivity index (χ1v) is 15.3. The lowest BCUT2D eigenvalue weighted by Crippen LogP contribution is -2.11. The first-order chi connectivity index (χ1) is 19.1. The Morgan fingerprint density at radius 3 is 2.20 bits per heavy atom. The van der Waals surface area contributed by atoms with Gasteiger partial charge in [0.1, 0.15) is 4.90 Å². The van der Waals surface area contributed by atoms with Crippen LogP contribution in [0.1, 0.15) is 62.1 Å². The topological polar surface area (TPSA) is 119 Å². The molecule has 0 aliphatic carbocycles. The molecular formula is C30H33O8S2-. The fourth-order valence-electron chi connectivity index (χ4n) is 4.29. The SMILES string of the molecule is CCOC(=O)/C=C/c1ccc(OS(=O)(=O)c2ccc(C(CC)CC(C)c3ccc(S(=O)[O-])cc3)cc2)c(OC)c1. The van der Waals surface area contributed by atoms with Gasteiger partial charge in [0, 0.05) is 11.0 Å². The minimum Gasteiger partial charge on any atom is -0.768 e. The van der Waals surface area contributed by atoms with Gasteiger partial charge in [-0.25, -0.2) is 4.79 Å². The van der Waals surface area contributed by atoms with Gasteiger partial charge in [0.25, 0.3) is 0 Å². The lowest BCUT2D eigenvalue weighted by molar-refractivity contribution is -0.137. The van der Waals surface area contributed by atoms with E-state index in [2.05, 4.69) is 13.8 Å². The summed E-state index contributed by atoms with van der Waals surface area (Å²) in [5.41, 5.74) is 2.65. The second-order valence-electron chi connectivity index (χ2n) is 9.15. The summed E-state index contributed by atoms with van der Waals surface area (Å²) in [4.78, 5) is 11.8. The van der Waals surface area contributed by atoms with Gasteiger partial charge in [0.2, 0.25) is 0 Å². The highest BCUT2D eigenvalue weighted by Gasteiger charge is 2.21. The molecule has 0 aliphatic rings. The summed E-state index contributed by atoms with van der Waals surface area (Å²) in [6, 6.07) is 18.1. The average molecular weight is 586 g/mol. The quantitative estimate of drug-likeness (QED) is 0.104. The molecule has 0 saturated heterocycles. The lowest BCUT2D eigenvalue weighted by Gasteiger charge is -2.21. The molecule has 0 spiro atoms. The van der Waals surface area contributed by atoms with Crippen LogP contribution in [0.5, 0.6) is 11.5 Å². The van der Waals surface area contributed by atoms with Gasteiger partial charge in [-0.3, -0.25) is 4.21 Å². The Kier molecular flexibility index (Phi) is 11.1. The number of carbonyl (C=O) groups excluding carboxylic acids is 1. The lowest BCUT2D eigenvalue weighted by atomic mass is 9.85. The third kappa shape index (κ3) is 8.27. The Labute approximate surface area is 238 Å². The zero-order chi connectivity index (χ0) is 29.3. The van der Waals surface area contributed by atoms with Crippen molar-refractivity contribution in [3.8, 4) is 11.5 Å². The van der Waals surface area contributed by atoms with Crippen LogP contribution >= 0.6 is 0 Å². The van der Waals surface area contributed by atoms with E-state index < -0.39 is 27.2 Å². The Morgan fingerprint density at radius 1 is 0.975 bits per heavy atom. The van der Waals surface area contributed by atoms with Crippen LogP contribution in [0, 0.1) is 0 Å². The third-order valence-corrected chi connectivity index (χ3v) is 8.40. The number of hydrogen-bond acceptors (Lipinski definition) is 8. The van der Waals surface area contributed by atoms with Gasteiger partial charge >= 0.3 is 16.1 Å². The molecule has 0 aliphatic heterocycles. The molecule has 3 rings (SSSR count). The van der Waals surface area contributed by atoms with Gasteiger partial charge in [-0.15, -0.1) is 0 Å². The summed E-state index contributed by atoms with van der Waals surface area (Å²) in [6.07, 6.45) is 4.47. The maximum atomic E-state index is 13.0. The van der Waals surface area contributed by atoms with Crippen molar-refractivity contribution in [2.24, 2.45) is 0 Å². The minimum atomic E-state index is -4.14. The molecule has 0 amide bonds. The van der Waals surface area contributed by atoms with E-state index in [-0.39, 0.29) is 39.7 Å². The molecule has 0 bridgehead atoms. The van der Waals surface area contributed by atoms with Gasteiger partial charge in [-0.1, -0.05) is 44.2 Å². The van der Waals surface area contributed by atoms with Crippen molar-refractivity contribution in [2.75, 3.05) is 13.7 Å². The number of rotatable bonds is 13. The van der Waals surface area contributed by atoms with Gasteiger partial charge in [0.05, 0.1) is 13.7 Å². The number of esters is 1. The molecule has 8 nitrogen and oxygen atoms in total. The molecule has 0 heterocycles. The summed E-state index contributed by atoms with van der Waals surface area (Å²) < 4.78 is 63.9. The molecule has 3 atom stereocenters. The minimum absolute atomic E-state index is 0.00805. The van der Waals surface area contributed by atoms with Crippen LogP contribution in [-0.2, 0) is 30.7 Å². The van der Waals surface area contributed by atoms with Crippen LogP contribution < -0.4 is 8.92 Å². The Morgan fingerprint density at radius 2 is 1.62 bits per heavy atom. The zero-order valence-electron chi connectivity index (χ0n) is 22.9. The summed E-state index contributed by atoms with van der Waals surface area (Å²) in [5.74, 6) is 0.0817. The fraction of sp³-hybridized carbons (Fsp3) is 0.300. The highest BCUT2D eigenvalue weighted by Crippen LogP contribution is 2.34. The van der Waals surface area contributed by atoms with Crippen LogP contribution in [0.2, 0.25) is 0 Å². The van der Waals surface area contributed by atoms with Crippen LogP contribution in [-0.4, -0.2) is 36.9 Å². The molecular weight excluding hydrogens is 552 g/mol.